The normalized spacial score (nSPS) is 10.3. The zero-order valence-electron chi connectivity index (χ0n) is 10.0. The van der Waals surface area contributed by atoms with Gasteiger partial charge in [-0.1, -0.05) is 15.9 Å². The van der Waals surface area contributed by atoms with E-state index in [9.17, 15) is 8.78 Å². The molecule has 0 aliphatic heterocycles. The third-order valence-electron chi connectivity index (χ3n) is 2.26. The third-order valence-corrected chi connectivity index (χ3v) is 2.75. The lowest BCUT2D eigenvalue weighted by molar-refractivity contribution is 0.616. The van der Waals surface area contributed by atoms with E-state index in [4.69, 9.17) is 0 Å². The number of rotatable bonds is 4. The molecule has 2 rings (SSSR count). The maximum atomic E-state index is 13.6. The molecule has 1 aromatic heterocycles. The number of halogens is 3. The van der Waals surface area contributed by atoms with Crippen molar-refractivity contribution in [1.29, 1.82) is 0 Å². The molecule has 0 radical (unpaired) electrons. The van der Waals surface area contributed by atoms with Crippen molar-refractivity contribution in [2.75, 3.05) is 17.2 Å². The van der Waals surface area contributed by atoms with E-state index in [2.05, 4.69) is 36.5 Å². The predicted octanol–water partition coefficient (Wildman–Crippen LogP) is 3.69. The van der Waals surface area contributed by atoms with E-state index in [1.54, 1.807) is 6.07 Å². The summed E-state index contributed by atoms with van der Waals surface area (Å²) in [5.74, 6) is -0.947. The average molecular weight is 329 g/mol. The van der Waals surface area contributed by atoms with Crippen molar-refractivity contribution in [2.45, 2.75) is 6.92 Å². The summed E-state index contributed by atoms with van der Waals surface area (Å²) < 4.78 is 27.8. The largest absolute Gasteiger partial charge is 0.354 e. The predicted molar refractivity (Wildman–Crippen MR) is 73.5 cm³/mol. The van der Waals surface area contributed by atoms with Crippen LogP contribution in [0.3, 0.4) is 0 Å². The molecule has 7 heteroatoms. The van der Waals surface area contributed by atoms with Gasteiger partial charge in [0.25, 0.3) is 0 Å². The topological polar surface area (TPSA) is 49.8 Å². The fourth-order valence-corrected chi connectivity index (χ4v) is 1.78. The van der Waals surface area contributed by atoms with Crippen molar-refractivity contribution in [2.24, 2.45) is 0 Å². The van der Waals surface area contributed by atoms with Crippen LogP contribution in [0.15, 0.2) is 28.9 Å². The van der Waals surface area contributed by atoms with Crippen LogP contribution in [0.25, 0.3) is 0 Å². The Kier molecular flexibility index (Phi) is 4.26. The van der Waals surface area contributed by atoms with Crippen LogP contribution in [0.4, 0.5) is 26.2 Å². The number of nitrogens with zero attached hydrogens (tertiary/aromatic N) is 2. The first-order valence-corrected chi connectivity index (χ1v) is 6.38. The smallest absolute Gasteiger partial charge is 0.224 e. The van der Waals surface area contributed by atoms with Gasteiger partial charge in [-0.2, -0.15) is 4.98 Å². The Hall–Kier alpha value is -1.76. The van der Waals surface area contributed by atoms with Gasteiger partial charge in [0.1, 0.15) is 5.82 Å². The van der Waals surface area contributed by atoms with Crippen LogP contribution in [0.1, 0.15) is 6.92 Å². The highest BCUT2D eigenvalue weighted by atomic mass is 79.9. The molecule has 2 aromatic rings. The van der Waals surface area contributed by atoms with Gasteiger partial charge in [0.05, 0.1) is 11.9 Å². The highest BCUT2D eigenvalue weighted by molar-refractivity contribution is 9.10. The minimum atomic E-state index is -0.652. The number of hydrogen-bond donors (Lipinski definition) is 2. The van der Waals surface area contributed by atoms with E-state index < -0.39 is 11.6 Å². The van der Waals surface area contributed by atoms with Crippen LogP contribution in [0.5, 0.6) is 0 Å². The van der Waals surface area contributed by atoms with Crippen LogP contribution >= 0.6 is 15.9 Å². The lowest BCUT2D eigenvalue weighted by Gasteiger charge is -2.09. The minimum Gasteiger partial charge on any atom is -0.354 e. The Labute approximate surface area is 117 Å². The Morgan fingerprint density at radius 3 is 2.79 bits per heavy atom. The van der Waals surface area contributed by atoms with Gasteiger partial charge in [0.15, 0.2) is 11.6 Å². The Balaban J connectivity index is 2.31. The van der Waals surface area contributed by atoms with Crippen molar-refractivity contribution in [3.8, 4) is 0 Å². The summed E-state index contributed by atoms with van der Waals surface area (Å²) in [4.78, 5) is 7.71. The molecule has 0 fully saturated rings. The molecule has 0 bridgehead atoms. The monoisotopic (exact) mass is 328 g/mol. The van der Waals surface area contributed by atoms with Gasteiger partial charge in [-0.3, -0.25) is 0 Å². The molecular weight excluding hydrogens is 318 g/mol. The first kappa shape index (κ1) is 13.7. The molecule has 0 spiro atoms. The van der Waals surface area contributed by atoms with E-state index in [-0.39, 0.29) is 17.5 Å². The third kappa shape index (κ3) is 3.37. The molecule has 0 amide bonds. The van der Waals surface area contributed by atoms with Gasteiger partial charge in [-0.15, -0.1) is 0 Å². The second-order valence-corrected chi connectivity index (χ2v) is 4.59. The molecule has 1 aromatic carbocycles. The van der Waals surface area contributed by atoms with Gasteiger partial charge >= 0.3 is 0 Å². The van der Waals surface area contributed by atoms with Crippen LogP contribution in [-0.2, 0) is 0 Å². The van der Waals surface area contributed by atoms with Crippen LogP contribution < -0.4 is 10.6 Å². The first-order chi connectivity index (χ1) is 9.10. The Bertz CT molecular complexity index is 592. The second kappa shape index (κ2) is 5.92. The molecular formula is C12H11BrF2N4. The van der Waals surface area contributed by atoms with Gasteiger partial charge in [0.2, 0.25) is 5.95 Å². The van der Waals surface area contributed by atoms with E-state index in [1.165, 1.54) is 12.1 Å². The van der Waals surface area contributed by atoms with Crippen molar-refractivity contribution in [1.82, 2.24) is 9.97 Å². The van der Waals surface area contributed by atoms with Gasteiger partial charge in [-0.05, 0) is 25.1 Å². The summed E-state index contributed by atoms with van der Waals surface area (Å²) in [7, 11) is 0. The molecule has 0 aliphatic carbocycles. The van der Waals surface area contributed by atoms with Crippen LogP contribution in [0, 0.1) is 11.6 Å². The standard InChI is InChI=1S/C12H11BrF2N4/c1-2-16-12-17-6-9(15)11(19-12)18-10-5-7(13)3-4-8(10)14/h3-6H,2H2,1H3,(H2,16,17,18,19). The van der Waals surface area contributed by atoms with Crippen molar-refractivity contribution < 1.29 is 8.78 Å². The Morgan fingerprint density at radius 1 is 1.26 bits per heavy atom. The maximum absolute atomic E-state index is 13.6. The molecule has 0 atom stereocenters. The number of anilines is 3. The number of benzene rings is 1. The van der Waals surface area contributed by atoms with E-state index in [1.807, 2.05) is 6.92 Å². The molecule has 19 heavy (non-hydrogen) atoms. The van der Waals surface area contributed by atoms with Crippen molar-refractivity contribution in [3.63, 3.8) is 0 Å². The highest BCUT2D eigenvalue weighted by Gasteiger charge is 2.10. The quantitative estimate of drug-likeness (QED) is 0.898. The molecule has 0 aliphatic rings. The highest BCUT2D eigenvalue weighted by Crippen LogP contribution is 2.24. The second-order valence-electron chi connectivity index (χ2n) is 3.67. The lowest BCUT2D eigenvalue weighted by Crippen LogP contribution is -2.06. The fourth-order valence-electron chi connectivity index (χ4n) is 1.42. The van der Waals surface area contributed by atoms with E-state index >= 15 is 0 Å². The molecule has 0 saturated carbocycles. The van der Waals surface area contributed by atoms with E-state index in [0.717, 1.165) is 6.20 Å². The summed E-state index contributed by atoms with van der Waals surface area (Å²) in [5, 5.41) is 5.46. The van der Waals surface area contributed by atoms with Crippen molar-refractivity contribution >= 4 is 33.4 Å². The number of hydrogen-bond acceptors (Lipinski definition) is 4. The van der Waals surface area contributed by atoms with Gasteiger partial charge in [0, 0.05) is 11.0 Å². The van der Waals surface area contributed by atoms with Crippen LogP contribution in [-0.4, -0.2) is 16.5 Å². The molecule has 0 saturated heterocycles. The molecule has 0 unspecified atom stereocenters. The van der Waals surface area contributed by atoms with Crippen LogP contribution in [0.2, 0.25) is 0 Å². The van der Waals surface area contributed by atoms with E-state index in [0.29, 0.717) is 11.0 Å². The summed E-state index contributed by atoms with van der Waals surface area (Å²) in [6.45, 7) is 2.48. The van der Waals surface area contributed by atoms with Gasteiger partial charge in [-0.25, -0.2) is 13.8 Å². The lowest BCUT2D eigenvalue weighted by atomic mass is 10.3. The first-order valence-electron chi connectivity index (χ1n) is 5.58. The summed E-state index contributed by atoms with van der Waals surface area (Å²) >= 11 is 3.22. The SMILES string of the molecule is CCNc1ncc(F)c(Nc2cc(Br)ccc2F)n1. The number of aromatic nitrogens is 2. The number of nitrogens with one attached hydrogen (secondary N) is 2. The summed E-state index contributed by atoms with van der Waals surface area (Å²) in [5.41, 5.74) is 0.134. The summed E-state index contributed by atoms with van der Waals surface area (Å²) in [6.07, 6.45) is 1.03. The zero-order chi connectivity index (χ0) is 13.8. The molecule has 1 heterocycles. The van der Waals surface area contributed by atoms with Gasteiger partial charge < -0.3 is 10.6 Å². The van der Waals surface area contributed by atoms with Crippen molar-refractivity contribution in [3.05, 3.63) is 40.5 Å². The molecule has 100 valence electrons. The average Bonchev–Trinajstić information content (AvgIpc) is 2.38. The molecule has 2 N–H and O–H groups in total. The fraction of sp³-hybridized carbons (Fsp3) is 0.167. The summed E-state index contributed by atoms with van der Waals surface area (Å²) in [6, 6.07) is 4.33. The Morgan fingerprint density at radius 2 is 2.05 bits per heavy atom. The zero-order valence-corrected chi connectivity index (χ0v) is 11.6. The minimum absolute atomic E-state index is 0.0806. The maximum Gasteiger partial charge on any atom is 0.224 e. The molecule has 4 nitrogen and oxygen atoms in total.